The van der Waals surface area contributed by atoms with E-state index in [9.17, 15) is 14.7 Å². The van der Waals surface area contributed by atoms with Gasteiger partial charge in [0.05, 0.1) is 0 Å². The second kappa shape index (κ2) is 4.87. The Balaban J connectivity index is 2.09. The molecule has 1 aliphatic carbocycles. The van der Waals surface area contributed by atoms with Gasteiger partial charge in [-0.05, 0) is 39.0 Å². The molecular weight excluding hydrogens is 274 g/mol. The molecule has 2 heterocycles. The molecule has 2 saturated heterocycles. The molecule has 3 rings (SSSR count). The molecule has 2 bridgehead atoms. The van der Waals surface area contributed by atoms with Crippen LogP contribution >= 0.6 is 0 Å². The second-order valence-electron chi connectivity index (χ2n) is 7.78. The zero-order valence-electron chi connectivity index (χ0n) is 13.3. The van der Waals surface area contributed by atoms with Crippen LogP contribution in [0.3, 0.4) is 0 Å². The van der Waals surface area contributed by atoms with Crippen molar-refractivity contribution < 1.29 is 24.5 Å². The molecule has 2 N–H and O–H groups in total. The predicted octanol–water partition coefficient (Wildman–Crippen LogP) is 1.71. The third-order valence-electron chi connectivity index (χ3n) is 4.72. The Morgan fingerprint density at radius 1 is 1.24 bits per heavy atom. The van der Waals surface area contributed by atoms with E-state index in [1.165, 1.54) is 0 Å². The molecule has 6 nitrogen and oxygen atoms in total. The first-order valence-corrected chi connectivity index (χ1v) is 7.35. The van der Waals surface area contributed by atoms with Crippen LogP contribution in [-0.4, -0.2) is 51.5 Å². The number of carbonyl (C=O) groups excluding carboxylic acids is 1. The van der Waals surface area contributed by atoms with Crippen molar-refractivity contribution in [1.29, 1.82) is 0 Å². The molecule has 0 aromatic rings. The SMILES string of the molecule is CC(C)(C)OC(=O)N1C[C@@H]2C[C@H]1C2C(C)(C)C(O)C(=O)O. The summed E-state index contributed by atoms with van der Waals surface area (Å²) in [6, 6.07) is -0.0335. The Labute approximate surface area is 125 Å². The van der Waals surface area contributed by atoms with Crippen molar-refractivity contribution >= 4 is 12.1 Å². The van der Waals surface area contributed by atoms with Crippen molar-refractivity contribution in [3.05, 3.63) is 0 Å². The molecule has 120 valence electrons. The van der Waals surface area contributed by atoms with Crippen molar-refractivity contribution in [2.75, 3.05) is 6.54 Å². The smallest absolute Gasteiger partial charge is 0.410 e. The molecule has 2 aliphatic heterocycles. The molecule has 2 unspecified atom stereocenters. The Kier molecular flexibility index (Phi) is 3.72. The first-order valence-electron chi connectivity index (χ1n) is 7.35. The molecule has 3 aliphatic rings. The summed E-state index contributed by atoms with van der Waals surface area (Å²) in [5, 5.41) is 19.0. The summed E-state index contributed by atoms with van der Waals surface area (Å²) < 4.78 is 5.40. The summed E-state index contributed by atoms with van der Waals surface area (Å²) >= 11 is 0. The van der Waals surface area contributed by atoms with E-state index >= 15 is 0 Å². The van der Waals surface area contributed by atoms with Crippen LogP contribution in [0.5, 0.6) is 0 Å². The van der Waals surface area contributed by atoms with E-state index in [4.69, 9.17) is 9.84 Å². The Morgan fingerprint density at radius 2 is 1.81 bits per heavy atom. The number of amides is 1. The van der Waals surface area contributed by atoms with Crippen molar-refractivity contribution in [2.45, 2.75) is 58.8 Å². The average molecular weight is 299 g/mol. The van der Waals surface area contributed by atoms with Crippen LogP contribution in [0.25, 0.3) is 0 Å². The number of carbonyl (C=O) groups is 2. The molecule has 6 heteroatoms. The quantitative estimate of drug-likeness (QED) is 0.828. The van der Waals surface area contributed by atoms with Gasteiger partial charge in [-0.15, -0.1) is 0 Å². The number of carboxylic acids is 1. The van der Waals surface area contributed by atoms with Crippen LogP contribution in [0.4, 0.5) is 4.79 Å². The van der Waals surface area contributed by atoms with Crippen LogP contribution in [0.1, 0.15) is 41.0 Å². The lowest BCUT2D eigenvalue weighted by molar-refractivity contribution is -0.159. The summed E-state index contributed by atoms with van der Waals surface area (Å²) in [4.78, 5) is 25.0. The number of nitrogens with zero attached hydrogens (tertiary/aromatic N) is 1. The molecule has 0 aromatic heterocycles. The van der Waals surface area contributed by atoms with Crippen molar-refractivity contribution in [1.82, 2.24) is 4.90 Å². The lowest BCUT2D eigenvalue weighted by Gasteiger charge is -2.47. The maximum Gasteiger partial charge on any atom is 0.410 e. The molecular formula is C15H25NO5. The van der Waals surface area contributed by atoms with E-state index in [0.717, 1.165) is 6.42 Å². The number of aliphatic carboxylic acids is 1. The predicted molar refractivity (Wildman–Crippen MR) is 75.7 cm³/mol. The summed E-state index contributed by atoms with van der Waals surface area (Å²) in [7, 11) is 0. The average Bonchev–Trinajstić information content (AvgIpc) is 2.82. The van der Waals surface area contributed by atoms with Gasteiger partial charge in [-0.2, -0.15) is 0 Å². The third-order valence-corrected chi connectivity index (χ3v) is 4.72. The minimum Gasteiger partial charge on any atom is -0.479 e. The minimum absolute atomic E-state index is 0.00359. The fraction of sp³-hybridized carbons (Fsp3) is 0.867. The monoisotopic (exact) mass is 299 g/mol. The number of carboxylic acid groups (broad SMARTS) is 1. The first kappa shape index (κ1) is 16.1. The summed E-state index contributed by atoms with van der Waals surface area (Å²) in [6.45, 7) is 9.56. The van der Waals surface area contributed by atoms with Crippen molar-refractivity contribution in [3.63, 3.8) is 0 Å². The van der Waals surface area contributed by atoms with Crippen LogP contribution < -0.4 is 0 Å². The van der Waals surface area contributed by atoms with E-state index in [0.29, 0.717) is 6.54 Å². The van der Waals surface area contributed by atoms with E-state index in [-0.39, 0.29) is 24.0 Å². The third kappa shape index (κ3) is 2.73. The molecule has 21 heavy (non-hydrogen) atoms. The highest BCUT2D eigenvalue weighted by atomic mass is 16.6. The molecule has 0 spiro atoms. The summed E-state index contributed by atoms with van der Waals surface area (Å²) in [5.74, 6) is -0.974. The number of hydrogen-bond acceptors (Lipinski definition) is 4. The maximum absolute atomic E-state index is 12.2. The molecule has 4 atom stereocenters. The number of aliphatic hydroxyl groups excluding tert-OH is 1. The van der Waals surface area contributed by atoms with Gasteiger partial charge in [0.1, 0.15) is 5.60 Å². The Hall–Kier alpha value is -1.30. The van der Waals surface area contributed by atoms with Gasteiger partial charge in [0.25, 0.3) is 0 Å². The Morgan fingerprint density at radius 3 is 2.29 bits per heavy atom. The highest BCUT2D eigenvalue weighted by Crippen LogP contribution is 2.55. The van der Waals surface area contributed by atoms with E-state index in [1.807, 2.05) is 20.8 Å². The van der Waals surface area contributed by atoms with Crippen LogP contribution in [-0.2, 0) is 9.53 Å². The van der Waals surface area contributed by atoms with Crippen molar-refractivity contribution in [2.24, 2.45) is 17.3 Å². The number of rotatable bonds is 3. The van der Waals surface area contributed by atoms with Gasteiger partial charge in [-0.1, -0.05) is 13.8 Å². The maximum atomic E-state index is 12.2. The van der Waals surface area contributed by atoms with Gasteiger partial charge >= 0.3 is 12.1 Å². The van der Waals surface area contributed by atoms with Crippen LogP contribution in [0.2, 0.25) is 0 Å². The highest BCUT2D eigenvalue weighted by molar-refractivity contribution is 5.73. The van der Waals surface area contributed by atoms with E-state index < -0.39 is 23.1 Å². The van der Waals surface area contributed by atoms with Gasteiger partial charge in [0, 0.05) is 18.0 Å². The zero-order chi connectivity index (χ0) is 16.2. The lowest BCUT2D eigenvalue weighted by atomic mass is 9.58. The number of hydrogen-bond donors (Lipinski definition) is 2. The molecule has 0 aromatic carbocycles. The fourth-order valence-corrected chi connectivity index (χ4v) is 3.75. The minimum atomic E-state index is -1.42. The van der Waals surface area contributed by atoms with Gasteiger partial charge in [-0.25, -0.2) is 9.59 Å². The highest BCUT2D eigenvalue weighted by Gasteiger charge is 2.61. The molecule has 0 radical (unpaired) electrons. The molecule has 3 fully saturated rings. The van der Waals surface area contributed by atoms with Crippen molar-refractivity contribution in [3.8, 4) is 0 Å². The molecule has 1 amide bonds. The Bertz CT molecular complexity index is 453. The standard InChI is InChI=1S/C15H25NO5/c1-14(2,3)21-13(20)16-7-8-6-9(16)10(8)15(4,5)11(17)12(18)19/h8-11,17H,6-7H2,1-5H3,(H,18,19)/t8-,9-,10?,11?/m0/s1. The van der Waals surface area contributed by atoms with Gasteiger partial charge in [-0.3, -0.25) is 0 Å². The molecule has 1 saturated carbocycles. The second-order valence-corrected chi connectivity index (χ2v) is 7.78. The number of ether oxygens (including phenoxy) is 1. The first-order chi connectivity index (χ1) is 9.45. The van der Waals surface area contributed by atoms with Crippen LogP contribution in [0, 0.1) is 17.3 Å². The van der Waals surface area contributed by atoms with Gasteiger partial charge < -0.3 is 19.8 Å². The lowest BCUT2D eigenvalue weighted by Crippen LogP contribution is -2.54. The summed E-state index contributed by atoms with van der Waals surface area (Å²) in [6.07, 6.45) is -0.913. The zero-order valence-corrected chi connectivity index (χ0v) is 13.3. The van der Waals surface area contributed by atoms with E-state index in [2.05, 4.69) is 0 Å². The van der Waals surface area contributed by atoms with E-state index in [1.54, 1.807) is 18.7 Å². The summed E-state index contributed by atoms with van der Waals surface area (Å²) in [5.41, 5.74) is -1.31. The number of fused-ring (bicyclic) bond motifs is 1. The normalized spacial score (nSPS) is 29.8. The fourth-order valence-electron chi connectivity index (χ4n) is 3.75. The topological polar surface area (TPSA) is 87.1 Å². The van der Waals surface area contributed by atoms with Gasteiger partial charge in [0.15, 0.2) is 6.10 Å². The largest absolute Gasteiger partial charge is 0.479 e. The van der Waals surface area contributed by atoms with Gasteiger partial charge in [0.2, 0.25) is 0 Å². The number of aliphatic hydroxyl groups is 1. The van der Waals surface area contributed by atoms with Crippen LogP contribution in [0.15, 0.2) is 0 Å².